The van der Waals surface area contributed by atoms with Crippen LogP contribution in [0, 0.1) is 26.1 Å². The van der Waals surface area contributed by atoms with Gasteiger partial charge >= 0.3 is 64.2 Å². The average molecular weight is 503 g/mol. The first-order valence-corrected chi connectivity index (χ1v) is 5.02. The third-order valence-electron chi connectivity index (χ3n) is 2.56. The maximum Gasteiger partial charge on any atom is 1.00 e. The minimum absolute atomic E-state index is 0. The fourth-order valence-electron chi connectivity index (χ4n) is 1.48. The number of pyridine rings is 1. The van der Waals surface area contributed by atoms with Crippen molar-refractivity contribution >= 4 is 17.4 Å². The molecule has 2 heterocycles. The Bertz CT molecular complexity index is 625. The summed E-state index contributed by atoms with van der Waals surface area (Å²) in [5.41, 5.74) is 2.57. The molecule has 7 heteroatoms. The first-order chi connectivity index (χ1) is 8.04. The molecule has 0 fully saturated rings. The molecule has 95 valence electrons. The first kappa shape index (κ1) is 19.3. The summed E-state index contributed by atoms with van der Waals surface area (Å²) in [5.74, 6) is -1.61. The molecular weight excluding hydrogens is 492 g/mol. The van der Waals surface area contributed by atoms with Crippen LogP contribution in [0.3, 0.4) is 0 Å². The Labute approximate surface area is 173 Å². The zero-order valence-electron chi connectivity index (χ0n) is 11.1. The van der Waals surface area contributed by atoms with Crippen molar-refractivity contribution in [3.05, 3.63) is 35.3 Å². The van der Waals surface area contributed by atoms with E-state index in [1.807, 2.05) is 13.8 Å². The molecule has 2 aromatic rings. The van der Waals surface area contributed by atoms with Crippen LogP contribution in [0.2, 0.25) is 0 Å². The molecular formula is C12H11N2O3RbRe. The van der Waals surface area contributed by atoms with E-state index in [0.717, 1.165) is 11.1 Å². The number of aryl methyl sites for hydroxylation is 2. The molecule has 2 rings (SSSR count). The standard InChI is InChI=1S/C12H11N2O3.Rb.Re/c1-7-4-10-13-5-9(11(15)12(16)17-3)14(10)6-8(7)2;;/h5,13H,1-3H3;;/q-1;+1;. The summed E-state index contributed by atoms with van der Waals surface area (Å²) in [4.78, 5) is 25.7. The maximum absolute atomic E-state index is 11.7. The number of nitrogens with zero attached hydrogens (tertiary/aromatic N) is 1. The van der Waals surface area contributed by atoms with E-state index in [4.69, 9.17) is 0 Å². The van der Waals surface area contributed by atoms with Gasteiger partial charge in [0.05, 0.1) is 19.0 Å². The number of rotatable bonds is 2. The van der Waals surface area contributed by atoms with Crippen LogP contribution >= 0.6 is 0 Å². The molecule has 0 unspecified atom stereocenters. The largest absolute Gasteiger partial charge is 1.00 e. The third-order valence-corrected chi connectivity index (χ3v) is 2.56. The van der Waals surface area contributed by atoms with E-state index < -0.39 is 11.8 Å². The molecule has 0 aliphatic carbocycles. The molecule has 2 aromatic heterocycles. The van der Waals surface area contributed by atoms with Gasteiger partial charge in [0, 0.05) is 20.4 Å². The molecule has 0 saturated heterocycles. The van der Waals surface area contributed by atoms with Crippen LogP contribution < -0.4 is 62.6 Å². The molecule has 0 saturated carbocycles. The van der Waals surface area contributed by atoms with Gasteiger partial charge in [-0.05, 0) is 0 Å². The zero-order valence-corrected chi connectivity index (χ0v) is 18.8. The van der Waals surface area contributed by atoms with Crippen molar-refractivity contribution in [3.63, 3.8) is 0 Å². The third kappa shape index (κ3) is 3.90. The second-order valence-corrected chi connectivity index (χ2v) is 3.67. The zero-order chi connectivity index (χ0) is 12.6. The minimum atomic E-state index is -0.898. The Morgan fingerprint density at radius 3 is 2.53 bits per heavy atom. The molecule has 0 aliphatic rings. The van der Waals surface area contributed by atoms with Crippen molar-refractivity contribution in [2.75, 3.05) is 7.11 Å². The molecule has 0 atom stereocenters. The molecule has 0 spiro atoms. The summed E-state index contributed by atoms with van der Waals surface area (Å²) < 4.78 is 5.87. The van der Waals surface area contributed by atoms with Crippen molar-refractivity contribution in [2.45, 2.75) is 13.8 Å². The summed E-state index contributed by atoms with van der Waals surface area (Å²) in [5, 5.41) is 0. The normalized spacial score (nSPS) is 9.42. The van der Waals surface area contributed by atoms with Crippen LogP contribution in [-0.4, -0.2) is 23.8 Å². The van der Waals surface area contributed by atoms with Crippen LogP contribution in [0.5, 0.6) is 0 Å². The number of aromatic nitrogens is 2. The van der Waals surface area contributed by atoms with Gasteiger partial charge in [0.1, 0.15) is 5.69 Å². The van der Waals surface area contributed by atoms with E-state index in [9.17, 15) is 9.59 Å². The SMILES string of the molecule is COC(=O)C(=O)c1c[nH]c2[c-]c(C)c(C)[c-][n+]12.[Rb+].[Re]. The number of carbonyl (C=O) groups is 2. The number of nitrogens with one attached hydrogen (secondary N) is 1. The molecule has 0 aromatic carbocycles. The first-order valence-electron chi connectivity index (χ1n) is 5.02. The number of carbonyl (C=O) groups excluding carboxylic acids is 2. The number of Topliss-reactive ketones (excluding diaryl/α,β-unsaturated/α-hetero) is 1. The van der Waals surface area contributed by atoms with E-state index in [1.165, 1.54) is 17.7 Å². The second kappa shape index (κ2) is 7.92. The summed E-state index contributed by atoms with van der Waals surface area (Å²) in [6, 6.07) is 3.06. The van der Waals surface area contributed by atoms with Gasteiger partial charge < -0.3 is 14.1 Å². The Kier molecular flexibility index (Phi) is 8.04. The number of ketones is 1. The number of aromatic amines is 1. The molecule has 5 nitrogen and oxygen atoms in total. The molecule has 1 radical (unpaired) electrons. The van der Waals surface area contributed by atoms with Crippen LogP contribution in [0.1, 0.15) is 21.6 Å². The van der Waals surface area contributed by atoms with E-state index in [1.54, 1.807) is 0 Å². The monoisotopic (exact) mass is 503 g/mol. The van der Waals surface area contributed by atoms with Gasteiger partial charge in [0.2, 0.25) is 0 Å². The van der Waals surface area contributed by atoms with Gasteiger partial charge in [-0.2, -0.15) is 0 Å². The Morgan fingerprint density at radius 2 is 1.95 bits per heavy atom. The van der Waals surface area contributed by atoms with E-state index in [0.29, 0.717) is 5.65 Å². The predicted octanol–water partition coefficient (Wildman–Crippen LogP) is -2.67. The van der Waals surface area contributed by atoms with Gasteiger partial charge in [-0.3, -0.25) is 16.4 Å². The van der Waals surface area contributed by atoms with Gasteiger partial charge in [-0.25, -0.2) is 10.4 Å². The van der Waals surface area contributed by atoms with E-state index in [-0.39, 0.29) is 84.3 Å². The quantitative estimate of drug-likeness (QED) is 0.160. The molecule has 0 bridgehead atoms. The fraction of sp³-hybridized carbons (Fsp3) is 0.250. The van der Waals surface area contributed by atoms with Gasteiger partial charge in [0.15, 0.2) is 0 Å². The molecule has 19 heavy (non-hydrogen) atoms. The van der Waals surface area contributed by atoms with Crippen molar-refractivity contribution < 1.29 is 97.3 Å². The smallest absolute Gasteiger partial charge is 0.464 e. The topological polar surface area (TPSA) is 63.3 Å². The summed E-state index contributed by atoms with van der Waals surface area (Å²) in [7, 11) is 1.17. The number of hydrogen-bond donors (Lipinski definition) is 1. The molecule has 1 N–H and O–H groups in total. The van der Waals surface area contributed by atoms with Crippen molar-refractivity contribution in [1.29, 1.82) is 0 Å². The van der Waals surface area contributed by atoms with Crippen LogP contribution in [-0.2, 0) is 30.0 Å². The van der Waals surface area contributed by atoms with Gasteiger partial charge in [-0.15, -0.1) is 13.8 Å². The predicted molar refractivity (Wildman–Crippen MR) is 57.4 cm³/mol. The number of ether oxygens (including phenoxy) is 1. The van der Waals surface area contributed by atoms with Crippen LogP contribution in [0.15, 0.2) is 6.20 Å². The van der Waals surface area contributed by atoms with Gasteiger partial charge in [0.25, 0.3) is 5.78 Å². The number of imidazole rings is 1. The van der Waals surface area contributed by atoms with Crippen molar-refractivity contribution in [1.82, 2.24) is 4.98 Å². The number of esters is 1. The second-order valence-electron chi connectivity index (χ2n) is 3.67. The van der Waals surface area contributed by atoms with Crippen LogP contribution in [0.4, 0.5) is 0 Å². The summed E-state index contributed by atoms with van der Waals surface area (Å²) >= 11 is 0. The number of hydrogen-bond acceptors (Lipinski definition) is 3. The Hall–Kier alpha value is 0.298. The summed E-state index contributed by atoms with van der Waals surface area (Å²) in [6.45, 7) is 3.76. The fourth-order valence-corrected chi connectivity index (χ4v) is 1.48. The number of fused-ring (bicyclic) bond motifs is 1. The minimum Gasteiger partial charge on any atom is -0.464 e. The molecule has 0 amide bonds. The number of H-pyrrole nitrogens is 1. The Balaban J connectivity index is 0.00000162. The van der Waals surface area contributed by atoms with Crippen LogP contribution in [0.25, 0.3) is 5.65 Å². The average Bonchev–Trinajstić information content (AvgIpc) is 2.70. The number of methoxy groups -OCH3 is 1. The molecule has 0 aliphatic heterocycles. The summed E-state index contributed by atoms with van der Waals surface area (Å²) in [6.07, 6.45) is 4.44. The Morgan fingerprint density at radius 1 is 1.32 bits per heavy atom. The maximum atomic E-state index is 11.7. The van der Waals surface area contributed by atoms with E-state index >= 15 is 0 Å². The van der Waals surface area contributed by atoms with Crippen molar-refractivity contribution in [3.8, 4) is 0 Å². The van der Waals surface area contributed by atoms with E-state index in [2.05, 4.69) is 22.0 Å². The van der Waals surface area contributed by atoms with Crippen molar-refractivity contribution in [2.24, 2.45) is 0 Å². The van der Waals surface area contributed by atoms with Gasteiger partial charge in [-0.1, -0.05) is 6.20 Å².